The summed E-state index contributed by atoms with van der Waals surface area (Å²) in [5, 5.41) is 17.7. The van der Waals surface area contributed by atoms with E-state index in [9.17, 15) is 19.5 Å². The summed E-state index contributed by atoms with van der Waals surface area (Å²) in [4.78, 5) is 42.1. The monoisotopic (exact) mass is 559 g/mol. The van der Waals surface area contributed by atoms with Crippen LogP contribution in [0.1, 0.15) is 58.2 Å². The van der Waals surface area contributed by atoms with Crippen molar-refractivity contribution in [3.8, 4) is 0 Å². The van der Waals surface area contributed by atoms with Gasteiger partial charge in [-0.1, -0.05) is 75.0 Å². The smallest absolute Gasteiger partial charge is 0.408 e. The minimum absolute atomic E-state index is 0.0452. The summed E-state index contributed by atoms with van der Waals surface area (Å²) >= 11 is 0. The van der Waals surface area contributed by atoms with E-state index in [1.54, 1.807) is 51.1 Å². The van der Waals surface area contributed by atoms with Crippen LogP contribution in [0.25, 0.3) is 16.8 Å². The Kier molecular flexibility index (Phi) is 10.7. The molecule has 0 aliphatic heterocycles. The molecule has 0 radical (unpaired) electrons. The summed E-state index contributed by atoms with van der Waals surface area (Å²) in [5.74, 6) is -0.908. The number of hydrogen-bond donors (Lipinski definition) is 3. The molecule has 0 aromatic heterocycles. The molecule has 3 rings (SSSR count). The summed E-state index contributed by atoms with van der Waals surface area (Å²) in [6, 6.07) is 18.5. The summed E-state index contributed by atoms with van der Waals surface area (Å²) in [7, 11) is 0. The highest BCUT2D eigenvalue weighted by Gasteiger charge is 2.36. The third-order valence-electron chi connectivity index (χ3n) is 6.36. The van der Waals surface area contributed by atoms with Crippen LogP contribution in [0.15, 0.2) is 73.3 Å². The predicted molar refractivity (Wildman–Crippen MR) is 163 cm³/mol. The summed E-state index contributed by atoms with van der Waals surface area (Å²) in [5.41, 5.74) is 1.13. The molecule has 2 atom stereocenters. The first-order valence-corrected chi connectivity index (χ1v) is 13.8. The molecule has 8 heteroatoms. The second kappa shape index (κ2) is 13.9. The number of benzene rings is 3. The van der Waals surface area contributed by atoms with Gasteiger partial charge < -0.3 is 25.4 Å². The van der Waals surface area contributed by atoms with E-state index in [-0.39, 0.29) is 19.1 Å². The van der Waals surface area contributed by atoms with Crippen molar-refractivity contribution in [2.24, 2.45) is 5.92 Å². The van der Waals surface area contributed by atoms with Crippen LogP contribution in [0, 0.1) is 5.92 Å². The number of rotatable bonds is 11. The average Bonchev–Trinajstić information content (AvgIpc) is 2.90. The van der Waals surface area contributed by atoms with Gasteiger partial charge in [0.15, 0.2) is 0 Å². The van der Waals surface area contributed by atoms with Crippen LogP contribution in [-0.2, 0) is 14.3 Å². The van der Waals surface area contributed by atoms with Crippen molar-refractivity contribution in [1.29, 1.82) is 0 Å². The Morgan fingerprint density at radius 1 is 1.00 bits per heavy atom. The molecular formula is C33H41N3O5. The highest BCUT2D eigenvalue weighted by molar-refractivity contribution is 6.00. The van der Waals surface area contributed by atoms with Crippen LogP contribution in [0.5, 0.6) is 0 Å². The number of nitrogens with zero attached hydrogens (tertiary/aromatic N) is 1. The summed E-state index contributed by atoms with van der Waals surface area (Å²) < 4.78 is 5.42. The van der Waals surface area contributed by atoms with Crippen LogP contribution in [0.3, 0.4) is 0 Å². The molecule has 0 saturated heterocycles. The first-order valence-electron chi connectivity index (χ1n) is 13.8. The van der Waals surface area contributed by atoms with Gasteiger partial charge in [0, 0.05) is 12.2 Å². The topological polar surface area (TPSA) is 108 Å². The number of anilines is 1. The Balaban J connectivity index is 2.03. The maximum Gasteiger partial charge on any atom is 0.408 e. The summed E-state index contributed by atoms with van der Waals surface area (Å²) in [6.07, 6.45) is 1.24. The van der Waals surface area contributed by atoms with Gasteiger partial charge in [-0.25, -0.2) is 4.79 Å². The second-order valence-corrected chi connectivity index (χ2v) is 11.4. The molecule has 3 amide bonds. The number of nitrogens with one attached hydrogen (secondary N) is 2. The number of amides is 3. The molecule has 0 bridgehead atoms. The van der Waals surface area contributed by atoms with Gasteiger partial charge in [-0.3, -0.25) is 9.59 Å². The number of alkyl carbamates (subject to hydrolysis) is 1. The zero-order chi connectivity index (χ0) is 30.2. The first kappa shape index (κ1) is 31.4. The fraction of sp³-hybridized carbons (Fsp3) is 0.364. The molecule has 0 aliphatic rings. The standard InChI is InChI=1S/C33H41N3O5/c1-7-23-11-10-14-26(20-23)29(30(38)34-27-16-15-24-12-8-9-13-25(24)21-27)36(17-18-37)31(39)28(19-22(2)3)35-32(40)41-33(4,5)6/h7-16,20-22,28-29,37H,1,17-19H2,2-6H3,(H,34,38)(H,35,40). The number of carbonyl (C=O) groups excluding carboxylic acids is 3. The van der Waals surface area contributed by atoms with Crippen molar-refractivity contribution in [3.05, 3.63) is 84.4 Å². The molecule has 0 heterocycles. The highest BCUT2D eigenvalue weighted by Crippen LogP contribution is 2.27. The quantitative estimate of drug-likeness (QED) is 0.270. The zero-order valence-corrected chi connectivity index (χ0v) is 24.5. The summed E-state index contributed by atoms with van der Waals surface area (Å²) in [6.45, 7) is 12.4. The van der Waals surface area contributed by atoms with Gasteiger partial charge in [-0.15, -0.1) is 0 Å². The molecule has 3 N–H and O–H groups in total. The lowest BCUT2D eigenvalue weighted by molar-refractivity contribution is -0.141. The van der Waals surface area contributed by atoms with Crippen molar-refractivity contribution in [1.82, 2.24) is 10.2 Å². The second-order valence-electron chi connectivity index (χ2n) is 11.4. The van der Waals surface area contributed by atoms with E-state index >= 15 is 0 Å². The van der Waals surface area contributed by atoms with E-state index in [0.717, 1.165) is 16.3 Å². The normalized spacial score (nSPS) is 12.9. The fourth-order valence-electron chi connectivity index (χ4n) is 4.62. The number of fused-ring (bicyclic) bond motifs is 1. The molecule has 2 unspecified atom stereocenters. The zero-order valence-electron chi connectivity index (χ0n) is 24.5. The minimum atomic E-state index is -1.10. The fourth-order valence-corrected chi connectivity index (χ4v) is 4.62. The van der Waals surface area contributed by atoms with E-state index in [0.29, 0.717) is 17.7 Å². The maximum atomic E-state index is 14.1. The largest absolute Gasteiger partial charge is 0.444 e. The van der Waals surface area contributed by atoms with Crippen LogP contribution in [0.4, 0.5) is 10.5 Å². The molecular weight excluding hydrogens is 518 g/mol. The van der Waals surface area contributed by atoms with E-state index < -0.39 is 35.6 Å². The maximum absolute atomic E-state index is 14.1. The van der Waals surface area contributed by atoms with Crippen LogP contribution < -0.4 is 10.6 Å². The SMILES string of the molecule is C=Cc1cccc(C(C(=O)Nc2ccc3ccccc3c2)N(CCO)C(=O)C(CC(C)C)NC(=O)OC(C)(C)C)c1. The van der Waals surface area contributed by atoms with Gasteiger partial charge in [0.25, 0.3) is 5.91 Å². The van der Waals surface area contributed by atoms with Crippen molar-refractivity contribution in [2.75, 3.05) is 18.5 Å². The van der Waals surface area contributed by atoms with E-state index in [1.807, 2.05) is 56.3 Å². The molecule has 8 nitrogen and oxygen atoms in total. The van der Waals surface area contributed by atoms with Crippen LogP contribution in [-0.4, -0.2) is 52.7 Å². The molecule has 0 aliphatic carbocycles. The third kappa shape index (κ3) is 8.91. The van der Waals surface area contributed by atoms with Gasteiger partial charge in [0.1, 0.15) is 17.7 Å². The van der Waals surface area contributed by atoms with E-state index in [2.05, 4.69) is 17.2 Å². The Morgan fingerprint density at radius 2 is 1.71 bits per heavy atom. The van der Waals surface area contributed by atoms with Crippen molar-refractivity contribution in [3.63, 3.8) is 0 Å². The lowest BCUT2D eigenvalue weighted by Crippen LogP contribution is -2.53. The van der Waals surface area contributed by atoms with Gasteiger partial charge >= 0.3 is 6.09 Å². The Labute approximate surface area is 242 Å². The Bertz CT molecular complexity index is 1380. The Morgan fingerprint density at radius 3 is 2.34 bits per heavy atom. The van der Waals surface area contributed by atoms with Gasteiger partial charge in [0.05, 0.1) is 6.61 Å². The molecule has 0 fully saturated rings. The minimum Gasteiger partial charge on any atom is -0.444 e. The van der Waals surface area contributed by atoms with Gasteiger partial charge in [0.2, 0.25) is 5.91 Å². The number of ether oxygens (including phenoxy) is 1. The molecule has 0 spiro atoms. The number of aliphatic hydroxyl groups is 1. The molecule has 218 valence electrons. The Hall–Kier alpha value is -4.17. The van der Waals surface area contributed by atoms with Gasteiger partial charge in [-0.05, 0) is 73.2 Å². The van der Waals surface area contributed by atoms with E-state index in [4.69, 9.17) is 4.74 Å². The lowest BCUT2D eigenvalue weighted by atomic mass is 9.98. The number of carbonyl (C=O) groups is 3. The highest BCUT2D eigenvalue weighted by atomic mass is 16.6. The van der Waals surface area contributed by atoms with Crippen molar-refractivity contribution >= 4 is 40.4 Å². The van der Waals surface area contributed by atoms with Crippen molar-refractivity contribution in [2.45, 2.75) is 58.7 Å². The average molecular weight is 560 g/mol. The number of hydrogen-bond acceptors (Lipinski definition) is 5. The van der Waals surface area contributed by atoms with Crippen molar-refractivity contribution < 1.29 is 24.2 Å². The first-order chi connectivity index (χ1) is 19.4. The molecule has 0 saturated carbocycles. The van der Waals surface area contributed by atoms with Gasteiger partial charge in [-0.2, -0.15) is 0 Å². The predicted octanol–water partition coefficient (Wildman–Crippen LogP) is 5.92. The molecule has 41 heavy (non-hydrogen) atoms. The third-order valence-corrected chi connectivity index (χ3v) is 6.36. The van der Waals surface area contributed by atoms with Crippen LogP contribution >= 0.6 is 0 Å². The van der Waals surface area contributed by atoms with Crippen LogP contribution in [0.2, 0.25) is 0 Å². The molecule has 3 aromatic carbocycles. The molecule has 3 aromatic rings. The van der Waals surface area contributed by atoms with E-state index in [1.165, 1.54) is 4.90 Å². The number of aliphatic hydroxyl groups excluding tert-OH is 1. The lowest BCUT2D eigenvalue weighted by Gasteiger charge is -2.34.